The van der Waals surface area contributed by atoms with Gasteiger partial charge in [-0.15, -0.1) is 0 Å². The fourth-order valence-corrected chi connectivity index (χ4v) is 3.39. The third-order valence-corrected chi connectivity index (χ3v) is 4.79. The first-order chi connectivity index (χ1) is 8.42. The van der Waals surface area contributed by atoms with Crippen LogP contribution in [0.5, 0.6) is 0 Å². The Morgan fingerprint density at radius 1 is 0.824 bits per heavy atom. The average molecular weight is 302 g/mol. The molecular weight excluding hydrogens is 287 g/mol. The fraction of sp³-hybridized carbons (Fsp3) is 0.200. The van der Waals surface area contributed by atoms with Gasteiger partial charge in [0.25, 0.3) is 0 Å². The van der Waals surface area contributed by atoms with Crippen LogP contribution in [0.15, 0.2) is 60.7 Å². The second-order valence-electron chi connectivity index (χ2n) is 4.02. The molecule has 2 aromatic carbocycles. The molecule has 0 heterocycles. The Kier molecular flexibility index (Phi) is 5.09. The van der Waals surface area contributed by atoms with Crippen LogP contribution in [0.1, 0.15) is 23.5 Å². The molecule has 0 radical (unpaired) electrons. The topological polar surface area (TPSA) is 0 Å². The zero-order chi connectivity index (χ0) is 11.9. The maximum absolute atomic E-state index is 5.16. The Morgan fingerprint density at radius 3 is 1.71 bits per heavy atom. The van der Waals surface area contributed by atoms with Crippen molar-refractivity contribution in [3.63, 3.8) is 0 Å². The van der Waals surface area contributed by atoms with Crippen molar-refractivity contribution in [3.05, 3.63) is 71.8 Å². The van der Waals surface area contributed by atoms with E-state index in [1.54, 1.807) is 0 Å². The van der Waals surface area contributed by atoms with Crippen LogP contribution in [0.4, 0.5) is 0 Å². The number of hydrogen-bond acceptors (Lipinski definition) is 1. The van der Waals surface area contributed by atoms with Gasteiger partial charge in [0.2, 0.25) is 0 Å². The van der Waals surface area contributed by atoms with Gasteiger partial charge >= 0.3 is 114 Å². The van der Waals surface area contributed by atoms with Gasteiger partial charge in [-0.2, -0.15) is 0 Å². The summed E-state index contributed by atoms with van der Waals surface area (Å²) in [5, 5.41) is 1.19. The van der Waals surface area contributed by atoms with Crippen molar-refractivity contribution in [1.29, 1.82) is 0 Å². The van der Waals surface area contributed by atoms with E-state index < -0.39 is 0 Å². The molecule has 0 N–H and O–H groups in total. The van der Waals surface area contributed by atoms with E-state index >= 15 is 0 Å². The molecule has 0 aliphatic carbocycles. The summed E-state index contributed by atoms with van der Waals surface area (Å²) < 4.78 is 0. The predicted octanol–water partition coefficient (Wildman–Crippen LogP) is 4.44. The van der Waals surface area contributed by atoms with Crippen molar-refractivity contribution >= 4 is 24.5 Å². The van der Waals surface area contributed by atoms with Crippen LogP contribution in [-0.4, -0.2) is 14.1 Å². The maximum atomic E-state index is 5.16. The van der Waals surface area contributed by atoms with E-state index in [0.29, 0.717) is 5.92 Å². The molecule has 2 heteroatoms. The van der Waals surface area contributed by atoms with Crippen LogP contribution in [0.25, 0.3) is 0 Å². The van der Waals surface area contributed by atoms with E-state index in [9.17, 15) is 0 Å². The van der Waals surface area contributed by atoms with Crippen molar-refractivity contribution in [2.24, 2.45) is 0 Å². The number of hydrogen-bond donors (Lipinski definition) is 0. The van der Waals surface area contributed by atoms with Gasteiger partial charge in [0.1, 0.15) is 0 Å². The number of benzene rings is 2. The first-order valence-electron chi connectivity index (χ1n) is 5.81. The summed E-state index contributed by atoms with van der Waals surface area (Å²) >= 11 is 0.102. The molecule has 0 bridgehead atoms. The quantitative estimate of drug-likeness (QED) is 0.736. The van der Waals surface area contributed by atoms with Crippen LogP contribution >= 0.6 is 10.4 Å². The molecule has 0 aliphatic rings. The van der Waals surface area contributed by atoms with Crippen LogP contribution < -0.4 is 0 Å². The SMILES string of the molecule is S=[As]CCC(c1ccccc1)c1ccccc1. The fourth-order valence-electron chi connectivity index (χ4n) is 2.08. The summed E-state index contributed by atoms with van der Waals surface area (Å²) in [6, 6.07) is 21.5. The first-order valence-corrected chi connectivity index (χ1v) is 9.80. The molecule has 86 valence electrons. The molecule has 0 atom stereocenters. The zero-order valence-corrected chi connectivity index (χ0v) is 12.3. The molecule has 2 aromatic rings. The molecule has 0 aromatic heterocycles. The summed E-state index contributed by atoms with van der Waals surface area (Å²) in [4.78, 5) is 0. The average Bonchev–Trinajstić information content (AvgIpc) is 2.42. The van der Waals surface area contributed by atoms with Crippen molar-refractivity contribution < 1.29 is 0 Å². The van der Waals surface area contributed by atoms with Crippen molar-refractivity contribution in [2.75, 3.05) is 0 Å². The first kappa shape index (κ1) is 12.7. The van der Waals surface area contributed by atoms with Crippen LogP contribution in [-0.2, 0) is 0 Å². The van der Waals surface area contributed by atoms with E-state index in [1.165, 1.54) is 22.8 Å². The molecular formula is C15H15AsS. The monoisotopic (exact) mass is 302 g/mol. The van der Waals surface area contributed by atoms with E-state index in [1.807, 2.05) is 0 Å². The standard InChI is InChI=1S/C15H15AsS/c17-16-12-11-15(13-7-3-1-4-8-13)14-9-5-2-6-10-14/h1-10,15H,11-12H2. The van der Waals surface area contributed by atoms with E-state index in [4.69, 9.17) is 10.4 Å². The molecule has 0 aliphatic heterocycles. The third kappa shape index (κ3) is 3.59. The Balaban J connectivity index is 2.29. The van der Waals surface area contributed by atoms with Crippen LogP contribution in [0.2, 0.25) is 5.21 Å². The summed E-state index contributed by atoms with van der Waals surface area (Å²) in [7, 11) is 5.16. The Hall–Kier alpha value is -0.782. The summed E-state index contributed by atoms with van der Waals surface area (Å²) in [6.45, 7) is 0. The Morgan fingerprint density at radius 2 is 1.29 bits per heavy atom. The summed E-state index contributed by atoms with van der Waals surface area (Å²) in [6.07, 6.45) is 1.18. The van der Waals surface area contributed by atoms with Crippen LogP contribution in [0.3, 0.4) is 0 Å². The molecule has 0 fully saturated rings. The van der Waals surface area contributed by atoms with Gasteiger partial charge in [-0.25, -0.2) is 0 Å². The molecule has 0 unspecified atom stereocenters. The molecule has 0 amide bonds. The normalized spacial score (nSPS) is 10.9. The Labute approximate surface area is 114 Å². The van der Waals surface area contributed by atoms with Crippen molar-refractivity contribution in [2.45, 2.75) is 17.5 Å². The van der Waals surface area contributed by atoms with Crippen molar-refractivity contribution in [1.82, 2.24) is 0 Å². The minimum atomic E-state index is 0.102. The van der Waals surface area contributed by atoms with Gasteiger partial charge in [0.15, 0.2) is 0 Å². The zero-order valence-electron chi connectivity index (χ0n) is 9.62. The van der Waals surface area contributed by atoms with Gasteiger partial charge in [-0.1, -0.05) is 0 Å². The Bertz CT molecular complexity index is 413. The van der Waals surface area contributed by atoms with E-state index in [-0.39, 0.29) is 14.1 Å². The molecule has 0 nitrogen and oxygen atoms in total. The predicted molar refractivity (Wildman–Crippen MR) is 77.5 cm³/mol. The molecule has 0 saturated carbocycles. The molecule has 0 spiro atoms. The van der Waals surface area contributed by atoms with E-state index in [0.717, 1.165) is 0 Å². The van der Waals surface area contributed by atoms with E-state index in [2.05, 4.69) is 60.7 Å². The molecule has 17 heavy (non-hydrogen) atoms. The van der Waals surface area contributed by atoms with Crippen molar-refractivity contribution in [3.8, 4) is 0 Å². The summed E-state index contributed by atoms with van der Waals surface area (Å²) in [5.41, 5.74) is 2.81. The van der Waals surface area contributed by atoms with Gasteiger partial charge in [0.05, 0.1) is 0 Å². The van der Waals surface area contributed by atoms with Gasteiger partial charge in [-0.05, 0) is 0 Å². The van der Waals surface area contributed by atoms with Gasteiger partial charge in [-0.3, -0.25) is 0 Å². The number of rotatable bonds is 5. The van der Waals surface area contributed by atoms with Crippen LogP contribution in [0, 0.1) is 0 Å². The van der Waals surface area contributed by atoms with Gasteiger partial charge in [0, 0.05) is 0 Å². The third-order valence-electron chi connectivity index (χ3n) is 2.91. The van der Waals surface area contributed by atoms with Gasteiger partial charge < -0.3 is 0 Å². The second kappa shape index (κ2) is 6.83. The minimum absolute atomic E-state index is 0.102. The molecule has 0 saturated heterocycles. The molecule has 2 rings (SSSR count). The summed E-state index contributed by atoms with van der Waals surface area (Å²) in [5.74, 6) is 0.510. The second-order valence-corrected chi connectivity index (χ2v) is 6.84.